The molecule has 1 rings (SSSR count). The molecule has 33 heavy (non-hydrogen) atoms. The number of halogens is 6. The lowest BCUT2D eigenvalue weighted by molar-refractivity contribution is -0.159. The lowest BCUT2D eigenvalue weighted by Gasteiger charge is -2.23. The molecule has 2 N–H and O–H groups in total. The molecule has 0 radical (unpaired) electrons. The summed E-state index contributed by atoms with van der Waals surface area (Å²) < 4.78 is 87.4. The number of carboxylic acids is 1. The Bertz CT molecular complexity index is 865. The molecular weight excluding hydrogens is 468 g/mol. The summed E-state index contributed by atoms with van der Waals surface area (Å²) in [5.41, 5.74) is -4.77. The first-order valence-electron chi connectivity index (χ1n) is 9.27. The van der Waals surface area contributed by atoms with E-state index in [9.17, 15) is 50.6 Å². The van der Waals surface area contributed by atoms with Crippen molar-refractivity contribution in [2.75, 3.05) is 13.2 Å². The zero-order valence-corrected chi connectivity index (χ0v) is 17.2. The number of esters is 2. The van der Waals surface area contributed by atoms with Gasteiger partial charge in [-0.05, 0) is 32.0 Å². The van der Waals surface area contributed by atoms with Gasteiger partial charge in [0.05, 0.1) is 36.7 Å². The molecule has 14 heteroatoms. The van der Waals surface area contributed by atoms with Crippen LogP contribution >= 0.6 is 0 Å². The zero-order chi connectivity index (χ0) is 25.6. The molecule has 0 saturated heterocycles. The molecule has 184 valence electrons. The van der Waals surface area contributed by atoms with Gasteiger partial charge in [0.2, 0.25) is 0 Å². The van der Waals surface area contributed by atoms with Crippen LogP contribution in [0.2, 0.25) is 0 Å². The second kappa shape index (κ2) is 11.0. The summed E-state index contributed by atoms with van der Waals surface area (Å²) >= 11 is 0. The average molecular weight is 487 g/mol. The molecule has 1 aromatic carbocycles. The number of alkyl halides is 6. The first kappa shape index (κ1) is 27.7. The van der Waals surface area contributed by atoms with Gasteiger partial charge in [-0.2, -0.15) is 26.3 Å². The molecule has 8 nitrogen and oxygen atoms in total. The van der Waals surface area contributed by atoms with Crippen LogP contribution in [0.25, 0.3) is 0 Å². The minimum atomic E-state index is -5.25. The smallest absolute Gasteiger partial charge is 0.416 e. The van der Waals surface area contributed by atoms with Gasteiger partial charge in [-0.1, -0.05) is 0 Å². The van der Waals surface area contributed by atoms with Crippen molar-refractivity contribution in [3.05, 3.63) is 34.9 Å². The third-order valence-electron chi connectivity index (χ3n) is 4.09. The van der Waals surface area contributed by atoms with E-state index in [4.69, 9.17) is 0 Å². The second-order valence-electron chi connectivity index (χ2n) is 6.45. The van der Waals surface area contributed by atoms with Gasteiger partial charge < -0.3 is 19.9 Å². The monoisotopic (exact) mass is 487 g/mol. The first-order valence-corrected chi connectivity index (χ1v) is 9.27. The highest BCUT2D eigenvalue weighted by Gasteiger charge is 2.40. The Balaban J connectivity index is 3.40. The summed E-state index contributed by atoms with van der Waals surface area (Å²) in [6, 6.07) is -2.26. The molecule has 0 heterocycles. The van der Waals surface area contributed by atoms with Crippen LogP contribution in [0.5, 0.6) is 0 Å². The van der Waals surface area contributed by atoms with Gasteiger partial charge in [0.1, 0.15) is 6.04 Å². The molecule has 0 saturated carbocycles. The number of benzene rings is 1. The highest BCUT2D eigenvalue weighted by molar-refractivity contribution is 5.98. The number of nitrogens with one attached hydrogen (secondary N) is 1. The maximum absolute atomic E-state index is 13.0. The Morgan fingerprint density at radius 3 is 1.79 bits per heavy atom. The van der Waals surface area contributed by atoms with Crippen molar-refractivity contribution in [1.82, 2.24) is 5.32 Å². The SMILES string of the molecule is CCOC(=O)C[C@@H](C(=O)OCC)[C@@H](NC(=O)c1cc(C(F)(F)F)cc(C(F)(F)F)c1)C(=O)O. The van der Waals surface area contributed by atoms with Crippen LogP contribution in [0.1, 0.15) is 41.8 Å². The molecule has 1 aromatic rings. The summed E-state index contributed by atoms with van der Waals surface area (Å²) in [5, 5.41) is 11.1. The largest absolute Gasteiger partial charge is 0.480 e. The Labute approximate surface area is 182 Å². The fourth-order valence-electron chi connectivity index (χ4n) is 2.63. The number of carbonyl (C=O) groups is 4. The Hall–Kier alpha value is -3.32. The third-order valence-corrected chi connectivity index (χ3v) is 4.09. The van der Waals surface area contributed by atoms with Crippen LogP contribution in [-0.4, -0.2) is 48.2 Å². The van der Waals surface area contributed by atoms with Crippen molar-refractivity contribution in [2.45, 2.75) is 38.7 Å². The molecule has 0 aromatic heterocycles. The van der Waals surface area contributed by atoms with Crippen molar-refractivity contribution in [2.24, 2.45) is 5.92 Å². The van der Waals surface area contributed by atoms with Gasteiger partial charge in [-0.15, -0.1) is 0 Å². The number of aliphatic carboxylic acids is 1. The van der Waals surface area contributed by atoms with Crippen molar-refractivity contribution < 1.29 is 60.1 Å². The Morgan fingerprint density at radius 1 is 0.909 bits per heavy atom. The molecule has 0 spiro atoms. The molecule has 0 unspecified atom stereocenters. The minimum Gasteiger partial charge on any atom is -0.480 e. The van der Waals surface area contributed by atoms with E-state index in [1.54, 1.807) is 5.32 Å². The van der Waals surface area contributed by atoms with Gasteiger partial charge in [-0.25, -0.2) is 4.79 Å². The fourth-order valence-corrected chi connectivity index (χ4v) is 2.63. The molecule has 0 bridgehead atoms. The van der Waals surface area contributed by atoms with Gasteiger partial charge in [0.15, 0.2) is 0 Å². The lowest BCUT2D eigenvalue weighted by atomic mass is 9.95. The van der Waals surface area contributed by atoms with E-state index in [2.05, 4.69) is 9.47 Å². The van der Waals surface area contributed by atoms with Crippen LogP contribution in [0.15, 0.2) is 18.2 Å². The van der Waals surface area contributed by atoms with E-state index in [-0.39, 0.29) is 31.4 Å². The molecular formula is C19H19F6NO7. The van der Waals surface area contributed by atoms with Gasteiger partial charge in [0.25, 0.3) is 5.91 Å². The number of ether oxygens (including phenoxy) is 2. The first-order chi connectivity index (χ1) is 15.1. The van der Waals surface area contributed by atoms with E-state index < -0.39 is 71.2 Å². The Morgan fingerprint density at radius 2 is 1.39 bits per heavy atom. The summed E-state index contributed by atoms with van der Waals surface area (Å²) in [5.74, 6) is -7.73. The quantitative estimate of drug-likeness (QED) is 0.406. The fraction of sp³-hybridized carbons (Fsp3) is 0.474. The predicted octanol–water partition coefficient (Wildman–Crippen LogP) is 3.04. The molecule has 1 amide bonds. The van der Waals surface area contributed by atoms with E-state index in [0.717, 1.165) is 0 Å². The number of amides is 1. The Kier molecular flexibility index (Phi) is 9.24. The number of carboxylic acid groups (broad SMARTS) is 1. The summed E-state index contributed by atoms with van der Waals surface area (Å²) in [7, 11) is 0. The van der Waals surface area contributed by atoms with E-state index in [0.29, 0.717) is 0 Å². The third kappa shape index (κ3) is 7.95. The predicted molar refractivity (Wildman–Crippen MR) is 96.7 cm³/mol. The maximum Gasteiger partial charge on any atom is 0.416 e. The maximum atomic E-state index is 13.0. The lowest BCUT2D eigenvalue weighted by Crippen LogP contribution is -2.49. The van der Waals surface area contributed by atoms with Gasteiger partial charge in [-0.3, -0.25) is 14.4 Å². The highest BCUT2D eigenvalue weighted by atomic mass is 19.4. The van der Waals surface area contributed by atoms with E-state index in [1.807, 2.05) is 0 Å². The molecule has 0 aliphatic heterocycles. The van der Waals surface area contributed by atoms with Crippen LogP contribution in [0.3, 0.4) is 0 Å². The van der Waals surface area contributed by atoms with Crippen molar-refractivity contribution >= 4 is 23.8 Å². The normalized spacial score (nSPS) is 13.6. The van der Waals surface area contributed by atoms with Gasteiger partial charge >= 0.3 is 30.3 Å². The van der Waals surface area contributed by atoms with E-state index >= 15 is 0 Å². The summed E-state index contributed by atoms with van der Waals surface area (Å²) in [6.45, 7) is 2.39. The zero-order valence-electron chi connectivity index (χ0n) is 17.2. The van der Waals surface area contributed by atoms with Crippen LogP contribution in [0.4, 0.5) is 26.3 Å². The molecule has 2 atom stereocenters. The topological polar surface area (TPSA) is 119 Å². The summed E-state index contributed by atoms with van der Waals surface area (Å²) in [4.78, 5) is 48.1. The summed E-state index contributed by atoms with van der Waals surface area (Å²) in [6.07, 6.45) is -11.4. The van der Waals surface area contributed by atoms with Crippen LogP contribution < -0.4 is 5.32 Å². The molecule has 0 fully saturated rings. The number of carbonyl (C=O) groups excluding carboxylic acids is 3. The van der Waals surface area contributed by atoms with E-state index in [1.165, 1.54) is 13.8 Å². The van der Waals surface area contributed by atoms with Crippen molar-refractivity contribution in [3.8, 4) is 0 Å². The van der Waals surface area contributed by atoms with Crippen LogP contribution in [0, 0.1) is 5.92 Å². The minimum absolute atomic E-state index is 0.0915. The molecule has 0 aliphatic carbocycles. The van der Waals surface area contributed by atoms with Gasteiger partial charge in [0, 0.05) is 5.56 Å². The van der Waals surface area contributed by atoms with Crippen molar-refractivity contribution in [1.29, 1.82) is 0 Å². The second-order valence-corrected chi connectivity index (χ2v) is 6.45. The number of hydrogen-bond acceptors (Lipinski definition) is 6. The average Bonchev–Trinajstić information content (AvgIpc) is 2.68. The number of rotatable bonds is 9. The highest BCUT2D eigenvalue weighted by Crippen LogP contribution is 2.36. The van der Waals surface area contributed by atoms with Crippen LogP contribution in [-0.2, 0) is 36.2 Å². The van der Waals surface area contributed by atoms with Crippen molar-refractivity contribution in [3.63, 3.8) is 0 Å². The standard InChI is InChI=1S/C19H19F6NO7/c1-3-32-13(27)8-12(17(31)33-4-2)14(16(29)30)26-15(28)9-5-10(18(20,21)22)7-11(6-9)19(23,24)25/h5-7,12,14H,3-4,8H2,1-2H3,(H,26,28)(H,29,30)/t12-,14-/m1/s1. The molecule has 0 aliphatic rings. The number of hydrogen-bond donors (Lipinski definition) is 2.